The van der Waals surface area contributed by atoms with Crippen LogP contribution in [-0.4, -0.2) is 89.7 Å². The van der Waals surface area contributed by atoms with Gasteiger partial charge in [0.2, 0.25) is 10.0 Å². The first-order valence-corrected chi connectivity index (χ1v) is 13.1. The average Bonchev–Trinajstić information content (AvgIpc) is 3.33. The fraction of sp³-hybridized carbons (Fsp3) is 0.409. The predicted molar refractivity (Wildman–Crippen MR) is 125 cm³/mol. The largest absolute Gasteiger partial charge is 0.379 e. The molecule has 0 saturated carbocycles. The topological polar surface area (TPSA) is 95.9 Å². The summed E-state index contributed by atoms with van der Waals surface area (Å²) in [5.41, 5.74) is 2.70. The average molecular weight is 488 g/mol. The second-order valence-corrected chi connectivity index (χ2v) is 10.6. The van der Waals surface area contributed by atoms with E-state index in [0.29, 0.717) is 29.7 Å². The molecule has 0 N–H and O–H groups in total. The molecular formula is C22H25N5O4S2. The lowest BCUT2D eigenvalue weighted by Gasteiger charge is -2.34. The minimum absolute atomic E-state index is 0.0679. The quantitative estimate of drug-likeness (QED) is 0.540. The van der Waals surface area contributed by atoms with E-state index >= 15 is 0 Å². The number of piperazine rings is 1. The molecule has 33 heavy (non-hydrogen) atoms. The molecule has 174 valence electrons. The fourth-order valence-corrected chi connectivity index (χ4v) is 6.44. The SMILES string of the molecule is O=C(c1cccc(CN2CCOCC2)c1)N1CCN(S(=O)(=O)c2cccc3nsnc23)CC1. The number of morpholine rings is 1. The lowest BCUT2D eigenvalue weighted by Crippen LogP contribution is -2.50. The van der Waals surface area contributed by atoms with Gasteiger partial charge in [-0.15, -0.1) is 0 Å². The van der Waals surface area contributed by atoms with Crippen molar-refractivity contribution in [2.75, 3.05) is 52.5 Å². The fourth-order valence-electron chi connectivity index (χ4n) is 4.26. The summed E-state index contributed by atoms with van der Waals surface area (Å²) >= 11 is 0.999. The number of hydrogen-bond donors (Lipinski definition) is 0. The van der Waals surface area contributed by atoms with Crippen molar-refractivity contribution < 1.29 is 17.9 Å². The van der Waals surface area contributed by atoms with Crippen LogP contribution in [-0.2, 0) is 21.3 Å². The van der Waals surface area contributed by atoms with E-state index in [0.717, 1.165) is 50.1 Å². The lowest BCUT2D eigenvalue weighted by atomic mass is 10.1. The molecule has 3 aromatic rings. The van der Waals surface area contributed by atoms with Gasteiger partial charge in [0.15, 0.2) is 0 Å². The highest BCUT2D eigenvalue weighted by molar-refractivity contribution is 7.89. The number of rotatable bonds is 5. The van der Waals surface area contributed by atoms with Crippen LogP contribution < -0.4 is 0 Å². The van der Waals surface area contributed by atoms with E-state index in [2.05, 4.69) is 13.6 Å². The molecule has 2 aliphatic rings. The molecule has 0 unspecified atom stereocenters. The number of aromatic nitrogens is 2. The second-order valence-electron chi connectivity index (χ2n) is 8.17. The zero-order valence-corrected chi connectivity index (χ0v) is 19.7. The van der Waals surface area contributed by atoms with Gasteiger partial charge in [-0.05, 0) is 29.8 Å². The van der Waals surface area contributed by atoms with Gasteiger partial charge < -0.3 is 9.64 Å². The molecule has 0 radical (unpaired) electrons. The number of fused-ring (bicyclic) bond motifs is 1. The highest BCUT2D eigenvalue weighted by atomic mass is 32.2. The Kier molecular flexibility index (Phi) is 6.39. The van der Waals surface area contributed by atoms with Gasteiger partial charge in [0.05, 0.1) is 24.9 Å². The first-order valence-electron chi connectivity index (χ1n) is 10.9. The van der Waals surface area contributed by atoms with Gasteiger partial charge in [0, 0.05) is 51.4 Å². The summed E-state index contributed by atoms with van der Waals surface area (Å²) in [6.07, 6.45) is 0. The molecule has 3 heterocycles. The Hall–Kier alpha value is -2.44. The number of ether oxygens (including phenoxy) is 1. The number of sulfonamides is 1. The summed E-state index contributed by atoms with van der Waals surface area (Å²) in [6.45, 7) is 5.21. The molecule has 0 bridgehead atoms. The van der Waals surface area contributed by atoms with E-state index in [1.54, 1.807) is 23.1 Å². The maximum Gasteiger partial charge on any atom is 0.253 e. The third-order valence-corrected chi connectivity index (χ3v) is 8.55. The Morgan fingerprint density at radius 3 is 2.52 bits per heavy atom. The van der Waals surface area contributed by atoms with Crippen LogP contribution in [0.2, 0.25) is 0 Å². The van der Waals surface area contributed by atoms with Crippen LogP contribution in [0, 0.1) is 0 Å². The van der Waals surface area contributed by atoms with E-state index in [1.807, 2.05) is 24.3 Å². The van der Waals surface area contributed by atoms with E-state index in [9.17, 15) is 13.2 Å². The number of carbonyl (C=O) groups excluding carboxylic acids is 1. The summed E-state index contributed by atoms with van der Waals surface area (Å²) in [5, 5.41) is 0. The van der Waals surface area contributed by atoms with Crippen LogP contribution in [0.15, 0.2) is 47.4 Å². The number of amides is 1. The Balaban J connectivity index is 1.25. The van der Waals surface area contributed by atoms with Crippen molar-refractivity contribution in [1.82, 2.24) is 22.9 Å². The molecule has 0 atom stereocenters. The molecule has 9 nitrogen and oxygen atoms in total. The van der Waals surface area contributed by atoms with E-state index in [1.165, 1.54) is 4.31 Å². The van der Waals surface area contributed by atoms with Crippen molar-refractivity contribution in [3.63, 3.8) is 0 Å². The van der Waals surface area contributed by atoms with Crippen LogP contribution in [0.1, 0.15) is 15.9 Å². The van der Waals surface area contributed by atoms with Gasteiger partial charge in [-0.25, -0.2) is 8.42 Å². The highest BCUT2D eigenvalue weighted by Crippen LogP contribution is 2.25. The second kappa shape index (κ2) is 9.43. The Morgan fingerprint density at radius 2 is 1.73 bits per heavy atom. The van der Waals surface area contributed by atoms with Gasteiger partial charge in [0.25, 0.3) is 5.91 Å². The van der Waals surface area contributed by atoms with Crippen molar-refractivity contribution >= 4 is 38.7 Å². The molecule has 1 aromatic heterocycles. The van der Waals surface area contributed by atoms with Crippen LogP contribution in [0.3, 0.4) is 0 Å². The van der Waals surface area contributed by atoms with Crippen LogP contribution in [0.5, 0.6) is 0 Å². The van der Waals surface area contributed by atoms with Crippen LogP contribution in [0.4, 0.5) is 0 Å². The maximum absolute atomic E-state index is 13.2. The summed E-state index contributed by atoms with van der Waals surface area (Å²) in [7, 11) is -3.71. The van der Waals surface area contributed by atoms with Crippen LogP contribution in [0.25, 0.3) is 11.0 Å². The molecule has 1 amide bonds. The third kappa shape index (κ3) is 4.64. The summed E-state index contributed by atoms with van der Waals surface area (Å²) in [5.74, 6) is -0.0679. The minimum atomic E-state index is -3.71. The standard InChI is InChI=1S/C22H25N5O4S2/c28-22(18-4-1-3-17(15-18)16-25-11-13-31-14-12-25)26-7-9-27(10-8-26)33(29,30)20-6-2-5-19-21(20)24-32-23-19/h1-6,15H,7-14,16H2. The van der Waals surface area contributed by atoms with Gasteiger partial charge >= 0.3 is 0 Å². The highest BCUT2D eigenvalue weighted by Gasteiger charge is 2.32. The monoisotopic (exact) mass is 487 g/mol. The van der Waals surface area contributed by atoms with E-state index in [4.69, 9.17) is 4.74 Å². The summed E-state index contributed by atoms with van der Waals surface area (Å²) in [4.78, 5) is 17.3. The first-order chi connectivity index (χ1) is 16.0. The van der Waals surface area contributed by atoms with Crippen molar-refractivity contribution in [2.45, 2.75) is 11.4 Å². The first kappa shape index (κ1) is 22.4. The van der Waals surface area contributed by atoms with Crippen LogP contribution >= 0.6 is 11.7 Å². The van der Waals surface area contributed by atoms with E-state index in [-0.39, 0.29) is 23.9 Å². The molecular weight excluding hydrogens is 462 g/mol. The van der Waals surface area contributed by atoms with Gasteiger partial charge in [-0.1, -0.05) is 18.2 Å². The minimum Gasteiger partial charge on any atom is -0.379 e. The van der Waals surface area contributed by atoms with Crippen molar-refractivity contribution in [3.8, 4) is 0 Å². The Morgan fingerprint density at radius 1 is 0.970 bits per heavy atom. The Labute approximate surface area is 196 Å². The zero-order chi connectivity index (χ0) is 22.8. The third-order valence-electron chi connectivity index (χ3n) is 6.08. The normalized spacial score (nSPS) is 18.6. The molecule has 11 heteroatoms. The molecule has 2 fully saturated rings. The molecule has 5 rings (SSSR count). The van der Waals surface area contributed by atoms with Gasteiger partial charge in [-0.3, -0.25) is 9.69 Å². The zero-order valence-electron chi connectivity index (χ0n) is 18.1. The number of benzene rings is 2. The number of hydrogen-bond acceptors (Lipinski definition) is 8. The summed E-state index contributed by atoms with van der Waals surface area (Å²) in [6, 6.07) is 12.7. The molecule has 0 aliphatic carbocycles. The van der Waals surface area contributed by atoms with Crippen molar-refractivity contribution in [3.05, 3.63) is 53.6 Å². The van der Waals surface area contributed by atoms with E-state index < -0.39 is 10.0 Å². The number of nitrogens with zero attached hydrogens (tertiary/aromatic N) is 5. The molecule has 0 spiro atoms. The Bertz CT molecular complexity index is 1250. The maximum atomic E-state index is 13.2. The number of carbonyl (C=O) groups is 1. The molecule has 2 aliphatic heterocycles. The lowest BCUT2D eigenvalue weighted by molar-refractivity contribution is 0.0341. The van der Waals surface area contributed by atoms with Gasteiger partial charge in [0.1, 0.15) is 15.9 Å². The van der Waals surface area contributed by atoms with Gasteiger partial charge in [-0.2, -0.15) is 13.1 Å². The van der Waals surface area contributed by atoms with Crippen molar-refractivity contribution in [2.24, 2.45) is 0 Å². The summed E-state index contributed by atoms with van der Waals surface area (Å²) < 4.78 is 41.6. The molecule has 2 saturated heterocycles. The smallest absolute Gasteiger partial charge is 0.253 e. The van der Waals surface area contributed by atoms with Crippen molar-refractivity contribution in [1.29, 1.82) is 0 Å². The molecule has 2 aromatic carbocycles. The predicted octanol–water partition coefficient (Wildman–Crippen LogP) is 1.67.